The molecule has 0 aliphatic heterocycles. The zero-order valence-electron chi connectivity index (χ0n) is 14.8. The Morgan fingerprint density at radius 3 is 2.20 bits per heavy atom. The normalized spacial score (nSPS) is 10.2. The molecule has 25 heavy (non-hydrogen) atoms. The third-order valence-corrected chi connectivity index (χ3v) is 3.42. The Labute approximate surface area is 148 Å². The van der Waals surface area contributed by atoms with Gasteiger partial charge >= 0.3 is 0 Å². The van der Waals surface area contributed by atoms with Crippen molar-refractivity contribution in [1.29, 1.82) is 0 Å². The molecule has 0 unspecified atom stereocenters. The van der Waals surface area contributed by atoms with Gasteiger partial charge in [-0.25, -0.2) is 0 Å². The Kier molecular flexibility index (Phi) is 7.63. The molecule has 2 aromatic carbocycles. The Morgan fingerprint density at radius 1 is 0.880 bits per heavy atom. The van der Waals surface area contributed by atoms with Gasteiger partial charge in [0.2, 0.25) is 0 Å². The first-order chi connectivity index (χ1) is 12.2. The second-order valence-corrected chi connectivity index (χ2v) is 5.41. The van der Waals surface area contributed by atoms with E-state index in [1.165, 1.54) is 0 Å². The van der Waals surface area contributed by atoms with Crippen molar-refractivity contribution in [2.75, 3.05) is 25.1 Å². The average Bonchev–Trinajstić information content (AvgIpc) is 2.63. The summed E-state index contributed by atoms with van der Waals surface area (Å²) in [5.74, 6) is 1.59. The van der Waals surface area contributed by atoms with Crippen LogP contribution in [0.15, 0.2) is 48.5 Å². The second-order valence-electron chi connectivity index (χ2n) is 5.41. The lowest BCUT2D eigenvalue weighted by molar-refractivity contribution is -0.118. The SMILES string of the molecule is CCCCOc1ccccc1NC(=O)COc1ccccc1OCC. The van der Waals surface area contributed by atoms with E-state index in [4.69, 9.17) is 14.2 Å². The summed E-state index contributed by atoms with van der Waals surface area (Å²) in [7, 11) is 0. The second kappa shape index (κ2) is 10.2. The Morgan fingerprint density at radius 2 is 1.52 bits per heavy atom. The van der Waals surface area contributed by atoms with E-state index in [-0.39, 0.29) is 12.5 Å². The number of hydrogen-bond donors (Lipinski definition) is 1. The summed E-state index contributed by atoms with van der Waals surface area (Å²) in [5.41, 5.74) is 0.644. The van der Waals surface area contributed by atoms with Crippen molar-refractivity contribution in [1.82, 2.24) is 0 Å². The highest BCUT2D eigenvalue weighted by molar-refractivity contribution is 5.93. The van der Waals surface area contributed by atoms with Crippen molar-refractivity contribution in [3.63, 3.8) is 0 Å². The summed E-state index contributed by atoms with van der Waals surface area (Å²) in [6.45, 7) is 5.07. The molecule has 0 atom stereocenters. The fraction of sp³-hybridized carbons (Fsp3) is 0.350. The van der Waals surface area contributed by atoms with Gasteiger partial charge in [-0.15, -0.1) is 0 Å². The van der Waals surface area contributed by atoms with Crippen molar-refractivity contribution in [3.8, 4) is 17.2 Å². The molecule has 5 heteroatoms. The van der Waals surface area contributed by atoms with Crippen LogP contribution in [0.4, 0.5) is 5.69 Å². The molecule has 0 aliphatic rings. The van der Waals surface area contributed by atoms with E-state index in [2.05, 4.69) is 12.2 Å². The molecule has 0 saturated heterocycles. The van der Waals surface area contributed by atoms with Crippen molar-refractivity contribution < 1.29 is 19.0 Å². The van der Waals surface area contributed by atoms with Crippen molar-refractivity contribution >= 4 is 11.6 Å². The molecule has 2 aromatic rings. The van der Waals surface area contributed by atoms with E-state index in [9.17, 15) is 4.79 Å². The van der Waals surface area contributed by atoms with Gasteiger partial charge in [0, 0.05) is 0 Å². The van der Waals surface area contributed by atoms with E-state index in [1.807, 2.05) is 49.4 Å². The maximum atomic E-state index is 12.2. The zero-order valence-corrected chi connectivity index (χ0v) is 14.8. The monoisotopic (exact) mass is 343 g/mol. The Hall–Kier alpha value is -2.69. The number of hydrogen-bond acceptors (Lipinski definition) is 4. The minimum Gasteiger partial charge on any atom is -0.491 e. The summed E-state index contributed by atoms with van der Waals surface area (Å²) >= 11 is 0. The number of benzene rings is 2. The van der Waals surface area contributed by atoms with Crippen LogP contribution in [-0.4, -0.2) is 25.7 Å². The molecular weight excluding hydrogens is 318 g/mol. The predicted octanol–water partition coefficient (Wildman–Crippen LogP) is 4.28. The Balaban J connectivity index is 1.92. The van der Waals surface area contributed by atoms with Crippen molar-refractivity contribution in [3.05, 3.63) is 48.5 Å². The number of carbonyl (C=O) groups is 1. The van der Waals surface area contributed by atoms with Crippen LogP contribution < -0.4 is 19.5 Å². The van der Waals surface area contributed by atoms with E-state index < -0.39 is 0 Å². The topological polar surface area (TPSA) is 56.8 Å². The predicted molar refractivity (Wildman–Crippen MR) is 98.6 cm³/mol. The molecule has 2 rings (SSSR count). The summed E-state index contributed by atoms with van der Waals surface area (Å²) in [4.78, 5) is 12.2. The highest BCUT2D eigenvalue weighted by atomic mass is 16.5. The largest absolute Gasteiger partial charge is 0.491 e. The fourth-order valence-corrected chi connectivity index (χ4v) is 2.20. The highest BCUT2D eigenvalue weighted by Crippen LogP contribution is 2.27. The number of para-hydroxylation sites is 4. The van der Waals surface area contributed by atoms with Crippen LogP contribution in [0.3, 0.4) is 0 Å². The van der Waals surface area contributed by atoms with Crippen molar-refractivity contribution in [2.45, 2.75) is 26.7 Å². The first kappa shape index (κ1) is 18.6. The van der Waals surface area contributed by atoms with Gasteiger partial charge in [0.15, 0.2) is 18.1 Å². The van der Waals surface area contributed by atoms with Gasteiger partial charge < -0.3 is 19.5 Å². The molecule has 0 saturated carbocycles. The van der Waals surface area contributed by atoms with E-state index in [0.29, 0.717) is 36.1 Å². The Bertz CT molecular complexity index is 672. The maximum absolute atomic E-state index is 12.2. The van der Waals surface area contributed by atoms with Crippen LogP contribution >= 0.6 is 0 Å². The fourth-order valence-electron chi connectivity index (χ4n) is 2.20. The van der Waals surface area contributed by atoms with Crippen LogP contribution in [0.1, 0.15) is 26.7 Å². The molecular formula is C20H25NO4. The van der Waals surface area contributed by atoms with Crippen LogP contribution in [0.25, 0.3) is 0 Å². The third kappa shape index (κ3) is 6.03. The van der Waals surface area contributed by atoms with Crippen LogP contribution in [0, 0.1) is 0 Å². The lowest BCUT2D eigenvalue weighted by Crippen LogP contribution is -2.20. The zero-order chi connectivity index (χ0) is 17.9. The van der Waals surface area contributed by atoms with Gasteiger partial charge in [-0.05, 0) is 37.6 Å². The van der Waals surface area contributed by atoms with Crippen LogP contribution in [0.5, 0.6) is 17.2 Å². The number of ether oxygens (including phenoxy) is 3. The lowest BCUT2D eigenvalue weighted by atomic mass is 10.3. The molecule has 0 fully saturated rings. The first-order valence-corrected chi connectivity index (χ1v) is 8.60. The standard InChI is InChI=1S/C20H25NO4/c1-3-5-14-24-17-11-7-6-10-16(17)21-20(22)15-25-19-13-9-8-12-18(19)23-4-2/h6-13H,3-5,14-15H2,1-2H3,(H,21,22). The molecule has 134 valence electrons. The van der Waals surface area contributed by atoms with Gasteiger partial charge in [-0.3, -0.25) is 4.79 Å². The number of rotatable bonds is 10. The summed E-state index contributed by atoms with van der Waals surface area (Å²) in [6, 6.07) is 14.7. The molecule has 0 bridgehead atoms. The van der Waals surface area contributed by atoms with Crippen LogP contribution in [0.2, 0.25) is 0 Å². The third-order valence-electron chi connectivity index (χ3n) is 3.42. The molecule has 1 N–H and O–H groups in total. The number of anilines is 1. The van der Waals surface area contributed by atoms with Gasteiger partial charge in [-0.1, -0.05) is 37.6 Å². The van der Waals surface area contributed by atoms with E-state index in [1.54, 1.807) is 6.07 Å². The first-order valence-electron chi connectivity index (χ1n) is 8.60. The summed E-state index contributed by atoms with van der Waals surface area (Å²) in [6.07, 6.45) is 2.03. The minimum absolute atomic E-state index is 0.104. The number of nitrogens with one attached hydrogen (secondary N) is 1. The maximum Gasteiger partial charge on any atom is 0.262 e. The van der Waals surface area contributed by atoms with Gasteiger partial charge in [0.1, 0.15) is 5.75 Å². The van der Waals surface area contributed by atoms with E-state index in [0.717, 1.165) is 12.8 Å². The number of carbonyl (C=O) groups excluding carboxylic acids is 1. The number of amides is 1. The molecule has 0 heterocycles. The summed E-state index contributed by atoms with van der Waals surface area (Å²) in [5, 5.41) is 2.83. The summed E-state index contributed by atoms with van der Waals surface area (Å²) < 4.78 is 16.8. The lowest BCUT2D eigenvalue weighted by Gasteiger charge is -2.14. The quantitative estimate of drug-likeness (QED) is 0.654. The van der Waals surface area contributed by atoms with Gasteiger partial charge in [0.25, 0.3) is 5.91 Å². The number of unbranched alkanes of at least 4 members (excludes halogenated alkanes) is 1. The molecule has 0 spiro atoms. The molecule has 0 aliphatic carbocycles. The van der Waals surface area contributed by atoms with Gasteiger partial charge in [0.05, 0.1) is 18.9 Å². The minimum atomic E-state index is -0.252. The smallest absolute Gasteiger partial charge is 0.262 e. The average molecular weight is 343 g/mol. The van der Waals surface area contributed by atoms with Crippen LogP contribution in [-0.2, 0) is 4.79 Å². The van der Waals surface area contributed by atoms with Crippen molar-refractivity contribution in [2.24, 2.45) is 0 Å². The van der Waals surface area contributed by atoms with Gasteiger partial charge in [-0.2, -0.15) is 0 Å². The molecule has 0 radical (unpaired) electrons. The molecule has 5 nitrogen and oxygen atoms in total. The molecule has 1 amide bonds. The van der Waals surface area contributed by atoms with E-state index >= 15 is 0 Å². The molecule has 0 aromatic heterocycles. The highest BCUT2D eigenvalue weighted by Gasteiger charge is 2.10.